The Morgan fingerprint density at radius 2 is 2.10 bits per heavy atom. The number of hydrogen-bond donors (Lipinski definition) is 1. The zero-order valence-electron chi connectivity index (χ0n) is 11.8. The van der Waals surface area contributed by atoms with Crippen molar-refractivity contribution in [1.82, 2.24) is 0 Å². The van der Waals surface area contributed by atoms with Gasteiger partial charge in [0.15, 0.2) is 0 Å². The Labute approximate surface area is 119 Å². The maximum absolute atomic E-state index is 5.90. The molecule has 3 rings (SSSR count). The molecule has 0 saturated heterocycles. The molecular formula is C17H19NO2. The largest absolute Gasteiger partial charge is 0.489 e. The van der Waals surface area contributed by atoms with E-state index in [0.717, 1.165) is 29.2 Å². The summed E-state index contributed by atoms with van der Waals surface area (Å²) in [5.74, 6) is 1.81. The van der Waals surface area contributed by atoms with Gasteiger partial charge in [-0.15, -0.1) is 0 Å². The van der Waals surface area contributed by atoms with Crippen LogP contribution in [0.25, 0.3) is 0 Å². The Bertz CT molecular complexity index is 637. The van der Waals surface area contributed by atoms with Gasteiger partial charge in [-0.2, -0.15) is 0 Å². The van der Waals surface area contributed by atoms with Crippen molar-refractivity contribution in [3.63, 3.8) is 0 Å². The third-order valence-electron chi connectivity index (χ3n) is 3.71. The van der Waals surface area contributed by atoms with E-state index in [9.17, 15) is 0 Å². The van der Waals surface area contributed by atoms with E-state index in [1.54, 1.807) is 0 Å². The minimum Gasteiger partial charge on any atom is -0.489 e. The molecule has 1 unspecified atom stereocenters. The number of benzene rings is 2. The summed E-state index contributed by atoms with van der Waals surface area (Å²) < 4.78 is 11.8. The van der Waals surface area contributed by atoms with Crippen LogP contribution in [0.4, 0.5) is 5.69 Å². The minimum atomic E-state index is 0.0765. The van der Waals surface area contributed by atoms with Gasteiger partial charge in [-0.05, 0) is 37.6 Å². The average Bonchev–Trinajstić information content (AvgIpc) is 2.82. The van der Waals surface area contributed by atoms with Crippen molar-refractivity contribution in [1.29, 1.82) is 0 Å². The summed E-state index contributed by atoms with van der Waals surface area (Å²) >= 11 is 0. The monoisotopic (exact) mass is 269 g/mol. The van der Waals surface area contributed by atoms with Crippen molar-refractivity contribution in [3.05, 3.63) is 53.1 Å². The highest BCUT2D eigenvalue weighted by Crippen LogP contribution is 2.30. The zero-order chi connectivity index (χ0) is 14.1. The predicted molar refractivity (Wildman–Crippen MR) is 80.4 cm³/mol. The molecular weight excluding hydrogens is 250 g/mol. The molecule has 1 aliphatic rings. The normalized spacial score (nSPS) is 16.6. The third-order valence-corrected chi connectivity index (χ3v) is 3.71. The van der Waals surface area contributed by atoms with Gasteiger partial charge in [0, 0.05) is 17.7 Å². The molecule has 2 N–H and O–H groups in total. The molecule has 3 nitrogen and oxygen atoms in total. The van der Waals surface area contributed by atoms with E-state index < -0.39 is 0 Å². The number of nitrogen functional groups attached to an aromatic ring is 1. The molecule has 0 bridgehead atoms. The Kier molecular flexibility index (Phi) is 3.26. The van der Waals surface area contributed by atoms with Crippen molar-refractivity contribution in [2.45, 2.75) is 26.4 Å². The fraction of sp³-hybridized carbons (Fsp3) is 0.294. The van der Waals surface area contributed by atoms with Crippen molar-refractivity contribution >= 4 is 5.69 Å². The summed E-state index contributed by atoms with van der Waals surface area (Å²) in [6.07, 6.45) is 0.978. The smallest absolute Gasteiger partial charge is 0.137 e. The summed E-state index contributed by atoms with van der Waals surface area (Å²) in [6, 6.07) is 12.0. The first kappa shape index (κ1) is 12.9. The highest BCUT2D eigenvalue weighted by molar-refractivity contribution is 5.53. The Morgan fingerprint density at radius 1 is 1.25 bits per heavy atom. The van der Waals surface area contributed by atoms with Gasteiger partial charge in [0.25, 0.3) is 0 Å². The second kappa shape index (κ2) is 5.08. The fourth-order valence-electron chi connectivity index (χ4n) is 2.51. The minimum absolute atomic E-state index is 0.0765. The van der Waals surface area contributed by atoms with E-state index in [1.165, 1.54) is 11.1 Å². The number of anilines is 1. The van der Waals surface area contributed by atoms with Gasteiger partial charge in [0.05, 0.1) is 0 Å². The summed E-state index contributed by atoms with van der Waals surface area (Å²) in [6.45, 7) is 4.61. The summed E-state index contributed by atoms with van der Waals surface area (Å²) in [4.78, 5) is 0. The lowest BCUT2D eigenvalue weighted by atomic mass is 10.1. The van der Waals surface area contributed by atoms with Crippen LogP contribution in [0.15, 0.2) is 36.4 Å². The number of nitrogens with two attached hydrogens (primary N) is 1. The van der Waals surface area contributed by atoms with Crippen LogP contribution < -0.4 is 15.2 Å². The molecule has 1 heterocycles. The highest BCUT2D eigenvalue weighted by atomic mass is 16.5. The van der Waals surface area contributed by atoms with Gasteiger partial charge in [0.1, 0.15) is 24.2 Å². The van der Waals surface area contributed by atoms with Gasteiger partial charge in [-0.25, -0.2) is 0 Å². The first-order valence-corrected chi connectivity index (χ1v) is 6.87. The van der Waals surface area contributed by atoms with Crippen molar-refractivity contribution in [2.24, 2.45) is 0 Å². The second-order valence-electron chi connectivity index (χ2n) is 5.34. The van der Waals surface area contributed by atoms with Gasteiger partial charge in [-0.1, -0.05) is 23.8 Å². The standard InChI is InChI=1S/C17H19NO2/c1-11-6-7-17-13(8-11)9-14(20-17)10-19-16-5-3-4-15(18)12(16)2/h3-8,14H,9-10,18H2,1-2H3. The van der Waals surface area contributed by atoms with Crippen LogP contribution in [0.1, 0.15) is 16.7 Å². The zero-order valence-corrected chi connectivity index (χ0v) is 11.8. The van der Waals surface area contributed by atoms with Gasteiger partial charge in [0.2, 0.25) is 0 Å². The van der Waals surface area contributed by atoms with E-state index in [-0.39, 0.29) is 6.10 Å². The molecule has 3 heteroatoms. The van der Waals surface area contributed by atoms with E-state index >= 15 is 0 Å². The Morgan fingerprint density at radius 3 is 2.95 bits per heavy atom. The summed E-state index contributed by atoms with van der Waals surface area (Å²) in [5.41, 5.74) is 10.2. The fourth-order valence-corrected chi connectivity index (χ4v) is 2.51. The molecule has 0 aliphatic carbocycles. The van der Waals surface area contributed by atoms with Crippen LogP contribution in [0, 0.1) is 13.8 Å². The van der Waals surface area contributed by atoms with E-state index in [2.05, 4.69) is 19.1 Å². The predicted octanol–water partition coefficient (Wildman–Crippen LogP) is 3.27. The maximum atomic E-state index is 5.90. The molecule has 104 valence electrons. The Hall–Kier alpha value is -2.16. The number of aryl methyl sites for hydroxylation is 1. The molecule has 2 aromatic carbocycles. The van der Waals surface area contributed by atoms with Crippen LogP contribution in [0.2, 0.25) is 0 Å². The lowest BCUT2D eigenvalue weighted by Gasteiger charge is -2.14. The van der Waals surface area contributed by atoms with Gasteiger partial charge in [-0.3, -0.25) is 0 Å². The molecule has 0 aromatic heterocycles. The number of hydrogen-bond acceptors (Lipinski definition) is 3. The van der Waals surface area contributed by atoms with E-state index in [0.29, 0.717) is 6.61 Å². The lowest BCUT2D eigenvalue weighted by Crippen LogP contribution is -2.22. The van der Waals surface area contributed by atoms with Crippen LogP contribution in [0.5, 0.6) is 11.5 Å². The third kappa shape index (κ3) is 2.44. The summed E-state index contributed by atoms with van der Waals surface area (Å²) in [5, 5.41) is 0. The van der Waals surface area contributed by atoms with Crippen LogP contribution >= 0.6 is 0 Å². The molecule has 1 aliphatic heterocycles. The number of ether oxygens (including phenoxy) is 2. The summed E-state index contributed by atoms with van der Waals surface area (Å²) in [7, 11) is 0. The second-order valence-corrected chi connectivity index (χ2v) is 5.34. The average molecular weight is 269 g/mol. The maximum Gasteiger partial charge on any atom is 0.137 e. The molecule has 2 aromatic rings. The molecule has 1 atom stereocenters. The first-order chi connectivity index (χ1) is 9.63. The SMILES string of the molecule is Cc1ccc2c(c1)CC(COc1cccc(N)c1C)O2. The van der Waals surface area contributed by atoms with Crippen LogP contribution in [-0.4, -0.2) is 12.7 Å². The van der Waals surface area contributed by atoms with Crippen molar-refractivity contribution in [2.75, 3.05) is 12.3 Å². The molecule has 0 saturated carbocycles. The number of fused-ring (bicyclic) bond motifs is 1. The van der Waals surface area contributed by atoms with Crippen molar-refractivity contribution in [3.8, 4) is 11.5 Å². The highest BCUT2D eigenvalue weighted by Gasteiger charge is 2.23. The molecule has 0 radical (unpaired) electrons. The lowest BCUT2D eigenvalue weighted by molar-refractivity contribution is 0.148. The quantitative estimate of drug-likeness (QED) is 0.870. The molecule has 20 heavy (non-hydrogen) atoms. The topological polar surface area (TPSA) is 44.5 Å². The first-order valence-electron chi connectivity index (χ1n) is 6.87. The molecule has 0 amide bonds. The Balaban J connectivity index is 1.65. The van der Waals surface area contributed by atoms with E-state index in [1.807, 2.05) is 31.2 Å². The van der Waals surface area contributed by atoms with Gasteiger partial charge < -0.3 is 15.2 Å². The van der Waals surface area contributed by atoms with Crippen molar-refractivity contribution < 1.29 is 9.47 Å². The molecule has 0 spiro atoms. The number of rotatable bonds is 3. The van der Waals surface area contributed by atoms with Crippen LogP contribution in [0.3, 0.4) is 0 Å². The van der Waals surface area contributed by atoms with E-state index in [4.69, 9.17) is 15.2 Å². The van der Waals surface area contributed by atoms with Gasteiger partial charge >= 0.3 is 0 Å². The molecule has 0 fully saturated rings. The van der Waals surface area contributed by atoms with Crippen LogP contribution in [-0.2, 0) is 6.42 Å².